The fraction of sp³-hybridized carbons (Fsp3) is 0.375. The van der Waals surface area contributed by atoms with E-state index < -0.39 is 12.1 Å². The number of hydrogen-bond donors (Lipinski definition) is 2. The Morgan fingerprint density at radius 3 is 2.28 bits per heavy atom. The first-order chi connectivity index (χ1) is 17.0. The number of nitrogens with one attached hydrogen (secondary N) is 1. The lowest BCUT2D eigenvalue weighted by molar-refractivity contribution is -0.192. The van der Waals surface area contributed by atoms with Crippen LogP contribution >= 0.6 is 15.9 Å². The summed E-state index contributed by atoms with van der Waals surface area (Å²) in [6.45, 7) is 3.86. The molecule has 0 aliphatic carbocycles. The number of rotatable bonds is 7. The van der Waals surface area contributed by atoms with Crippen LogP contribution in [0.25, 0.3) is 0 Å². The molecule has 3 rings (SSSR count). The van der Waals surface area contributed by atoms with E-state index in [4.69, 9.17) is 14.6 Å². The Labute approximate surface area is 215 Å². The Morgan fingerprint density at radius 1 is 1.11 bits per heavy atom. The molecule has 0 saturated carbocycles. The van der Waals surface area contributed by atoms with Crippen molar-refractivity contribution in [2.75, 3.05) is 39.8 Å². The summed E-state index contributed by atoms with van der Waals surface area (Å²) in [6.07, 6.45) is -4.77. The van der Waals surface area contributed by atoms with Gasteiger partial charge in [-0.15, -0.1) is 0 Å². The quantitative estimate of drug-likeness (QED) is 0.525. The average molecular weight is 574 g/mol. The first-order valence-corrected chi connectivity index (χ1v) is 11.8. The molecule has 2 N–H and O–H groups in total. The van der Waals surface area contributed by atoms with E-state index in [1.165, 1.54) is 0 Å². The van der Waals surface area contributed by atoms with Crippen LogP contribution in [0.2, 0.25) is 0 Å². The molecule has 196 valence electrons. The second-order valence-electron chi connectivity index (χ2n) is 7.77. The highest BCUT2D eigenvalue weighted by molar-refractivity contribution is 9.10. The number of nitrogens with zero attached hydrogens (tertiary/aromatic N) is 2. The predicted octanol–water partition coefficient (Wildman–Crippen LogP) is 3.56. The molecular weight excluding hydrogens is 547 g/mol. The molecule has 2 amide bonds. The third-order valence-electron chi connectivity index (χ3n) is 5.19. The fourth-order valence-corrected chi connectivity index (χ4v) is 3.59. The summed E-state index contributed by atoms with van der Waals surface area (Å²) in [7, 11) is 1.62. The van der Waals surface area contributed by atoms with Gasteiger partial charge < -0.3 is 25.0 Å². The Bertz CT molecular complexity index is 1030. The van der Waals surface area contributed by atoms with Crippen molar-refractivity contribution >= 4 is 33.7 Å². The fourth-order valence-electron chi connectivity index (χ4n) is 3.32. The van der Waals surface area contributed by atoms with Gasteiger partial charge in [0.05, 0.1) is 7.11 Å². The van der Waals surface area contributed by atoms with Crippen molar-refractivity contribution in [2.45, 2.75) is 19.1 Å². The van der Waals surface area contributed by atoms with Crippen molar-refractivity contribution in [1.82, 2.24) is 15.1 Å². The zero-order chi connectivity index (χ0) is 26.7. The molecule has 0 radical (unpaired) electrons. The van der Waals surface area contributed by atoms with Crippen molar-refractivity contribution in [3.05, 3.63) is 64.1 Å². The maximum absolute atomic E-state index is 13.1. The van der Waals surface area contributed by atoms with Crippen LogP contribution in [0, 0.1) is 0 Å². The molecule has 0 aromatic heterocycles. The number of carbonyl (C=O) groups excluding carboxylic acids is 2. The second-order valence-corrected chi connectivity index (χ2v) is 8.68. The Hall–Kier alpha value is -3.12. The first kappa shape index (κ1) is 29.1. The van der Waals surface area contributed by atoms with Crippen molar-refractivity contribution in [3.63, 3.8) is 0 Å². The molecule has 0 bridgehead atoms. The Morgan fingerprint density at radius 2 is 1.72 bits per heavy atom. The van der Waals surface area contributed by atoms with Gasteiger partial charge >= 0.3 is 12.1 Å². The average Bonchev–Trinajstić information content (AvgIpc) is 2.86. The summed E-state index contributed by atoms with van der Waals surface area (Å²) in [4.78, 5) is 38.2. The third-order valence-corrected chi connectivity index (χ3v) is 5.72. The van der Waals surface area contributed by atoms with E-state index in [9.17, 15) is 22.8 Å². The lowest BCUT2D eigenvalue weighted by Gasteiger charge is -2.29. The number of carboxylic acid groups (broad SMARTS) is 1. The van der Waals surface area contributed by atoms with E-state index in [-0.39, 0.29) is 11.8 Å². The molecule has 0 unspecified atom stereocenters. The molecular formula is C24H27BrF3N3O5. The third kappa shape index (κ3) is 9.50. The lowest BCUT2D eigenvalue weighted by Crippen LogP contribution is -2.47. The van der Waals surface area contributed by atoms with Crippen LogP contribution < -0.4 is 10.1 Å². The van der Waals surface area contributed by atoms with Gasteiger partial charge in [0, 0.05) is 55.7 Å². The highest BCUT2D eigenvalue weighted by Crippen LogP contribution is 2.18. The number of amides is 2. The van der Waals surface area contributed by atoms with Crippen LogP contribution in [-0.4, -0.2) is 78.7 Å². The minimum atomic E-state index is -5.08. The molecule has 2 aromatic rings. The van der Waals surface area contributed by atoms with Crippen LogP contribution in [0.3, 0.4) is 0 Å². The van der Waals surface area contributed by atoms with E-state index in [1.807, 2.05) is 41.3 Å². The van der Waals surface area contributed by atoms with Gasteiger partial charge in [-0.2, -0.15) is 13.2 Å². The van der Waals surface area contributed by atoms with E-state index in [0.717, 1.165) is 42.0 Å². The molecule has 0 spiro atoms. The zero-order valence-electron chi connectivity index (χ0n) is 19.6. The van der Waals surface area contributed by atoms with E-state index in [0.29, 0.717) is 25.1 Å². The number of carbonyl (C=O) groups is 3. The molecule has 1 aliphatic rings. The molecule has 1 heterocycles. The Balaban J connectivity index is 0.000000572. The van der Waals surface area contributed by atoms with Crippen molar-refractivity contribution < 1.29 is 37.4 Å². The van der Waals surface area contributed by atoms with Crippen LogP contribution in [0.15, 0.2) is 53.0 Å². The second kappa shape index (κ2) is 13.8. The SMILES string of the molecule is COc1cccc(CN(CCC(=O)N2CCNCC2)C(=O)c2ccc(Br)cc2)c1.O=C(O)C(F)(F)F. The number of benzene rings is 2. The zero-order valence-corrected chi connectivity index (χ0v) is 21.1. The summed E-state index contributed by atoms with van der Waals surface area (Å²) < 4.78 is 38.0. The number of carboxylic acids is 1. The highest BCUT2D eigenvalue weighted by Gasteiger charge is 2.38. The van der Waals surface area contributed by atoms with E-state index >= 15 is 0 Å². The molecule has 1 aliphatic heterocycles. The topological polar surface area (TPSA) is 99.2 Å². The van der Waals surface area contributed by atoms with Gasteiger partial charge in [0.2, 0.25) is 5.91 Å². The van der Waals surface area contributed by atoms with Gasteiger partial charge in [0.25, 0.3) is 5.91 Å². The molecule has 36 heavy (non-hydrogen) atoms. The van der Waals surface area contributed by atoms with Crippen molar-refractivity contribution in [2.24, 2.45) is 0 Å². The normalized spacial score (nSPS) is 13.3. The summed E-state index contributed by atoms with van der Waals surface area (Å²) >= 11 is 3.40. The van der Waals surface area contributed by atoms with Crippen LogP contribution in [0.1, 0.15) is 22.3 Å². The molecule has 12 heteroatoms. The van der Waals surface area contributed by atoms with Gasteiger partial charge in [-0.05, 0) is 42.0 Å². The number of alkyl halides is 3. The van der Waals surface area contributed by atoms with Gasteiger partial charge in [0.15, 0.2) is 0 Å². The predicted molar refractivity (Wildman–Crippen MR) is 130 cm³/mol. The highest BCUT2D eigenvalue weighted by atomic mass is 79.9. The van der Waals surface area contributed by atoms with Crippen molar-refractivity contribution in [3.8, 4) is 5.75 Å². The number of halogens is 4. The van der Waals surface area contributed by atoms with Gasteiger partial charge in [-0.25, -0.2) is 4.79 Å². The minimum absolute atomic E-state index is 0.0887. The Kier molecular flexibility index (Phi) is 11.2. The maximum Gasteiger partial charge on any atom is 0.490 e. The van der Waals surface area contributed by atoms with Gasteiger partial charge in [-0.3, -0.25) is 9.59 Å². The summed E-state index contributed by atoms with van der Waals surface area (Å²) in [5.41, 5.74) is 1.56. The molecule has 1 fully saturated rings. The number of methoxy groups -OCH3 is 1. The number of aliphatic carboxylic acids is 1. The van der Waals surface area contributed by atoms with Crippen LogP contribution in [-0.2, 0) is 16.1 Å². The summed E-state index contributed by atoms with van der Waals surface area (Å²) in [6, 6.07) is 14.9. The number of piperazine rings is 1. The monoisotopic (exact) mass is 573 g/mol. The summed E-state index contributed by atoms with van der Waals surface area (Å²) in [5.74, 6) is -2.01. The number of ether oxygens (including phenoxy) is 1. The largest absolute Gasteiger partial charge is 0.497 e. The van der Waals surface area contributed by atoms with Gasteiger partial charge in [0.1, 0.15) is 5.75 Å². The van der Waals surface area contributed by atoms with Crippen molar-refractivity contribution in [1.29, 1.82) is 0 Å². The molecule has 1 saturated heterocycles. The first-order valence-electron chi connectivity index (χ1n) is 11.0. The molecule has 8 nitrogen and oxygen atoms in total. The van der Waals surface area contributed by atoms with Crippen LogP contribution in [0.5, 0.6) is 5.75 Å². The standard InChI is InChI=1S/C22H26BrN3O3.C2HF3O2/c1-29-20-4-2-3-17(15-20)16-26(22(28)18-5-7-19(23)8-6-18)12-9-21(27)25-13-10-24-11-14-25;3-2(4,5)1(6)7/h2-8,15,24H,9-14,16H2,1H3;(H,6,7). The lowest BCUT2D eigenvalue weighted by atomic mass is 10.1. The molecule has 2 aromatic carbocycles. The van der Waals surface area contributed by atoms with E-state index in [1.54, 1.807) is 24.1 Å². The smallest absolute Gasteiger partial charge is 0.490 e. The van der Waals surface area contributed by atoms with Gasteiger partial charge in [-0.1, -0.05) is 28.1 Å². The molecule has 0 atom stereocenters. The maximum atomic E-state index is 13.1. The van der Waals surface area contributed by atoms with E-state index in [2.05, 4.69) is 21.2 Å². The minimum Gasteiger partial charge on any atom is -0.497 e. The summed E-state index contributed by atoms with van der Waals surface area (Å²) in [5, 5.41) is 10.4. The number of hydrogen-bond acceptors (Lipinski definition) is 5. The van der Waals surface area contributed by atoms with Crippen LogP contribution in [0.4, 0.5) is 13.2 Å².